The third kappa shape index (κ3) is 4.19. The Morgan fingerprint density at radius 2 is 1.94 bits per heavy atom. The smallest absolute Gasteiger partial charge is 0.327 e. The molecule has 5 heteroatoms. The van der Waals surface area contributed by atoms with Crippen LogP contribution in [0.4, 0.5) is 17.6 Å². The zero-order chi connectivity index (χ0) is 13.1. The lowest BCUT2D eigenvalue weighted by Gasteiger charge is -2.08. The summed E-state index contributed by atoms with van der Waals surface area (Å²) in [5.41, 5.74) is 5.51. The fraction of sp³-hybridized carbons (Fsp3) is 0.333. The molecule has 0 radical (unpaired) electrons. The van der Waals surface area contributed by atoms with E-state index in [1.807, 2.05) is 0 Å². The molecule has 94 valence electrons. The van der Waals surface area contributed by atoms with Crippen molar-refractivity contribution < 1.29 is 17.6 Å². The summed E-state index contributed by atoms with van der Waals surface area (Å²) in [6.45, 7) is 2.10. The quantitative estimate of drug-likeness (QED) is 0.643. The van der Waals surface area contributed by atoms with Crippen LogP contribution in [0.3, 0.4) is 0 Å². The normalized spacial score (nSPS) is 12.9. The van der Waals surface area contributed by atoms with Crippen molar-refractivity contribution in [2.75, 3.05) is 6.54 Å². The minimum atomic E-state index is -4.52. The molecule has 0 saturated heterocycles. The van der Waals surface area contributed by atoms with Crippen molar-refractivity contribution in [2.45, 2.75) is 19.5 Å². The fourth-order valence-electron chi connectivity index (χ4n) is 1.31. The second kappa shape index (κ2) is 5.31. The SMILES string of the molecule is C/C(=C/Cc1cc(F)cc(C(F)(F)F)c1)CN. The lowest BCUT2D eigenvalue weighted by molar-refractivity contribution is -0.137. The van der Waals surface area contributed by atoms with Crippen LogP contribution in [0.1, 0.15) is 18.1 Å². The average molecular weight is 247 g/mol. The molecule has 0 aliphatic carbocycles. The van der Waals surface area contributed by atoms with E-state index < -0.39 is 17.6 Å². The van der Waals surface area contributed by atoms with Crippen molar-refractivity contribution in [1.29, 1.82) is 0 Å². The van der Waals surface area contributed by atoms with Gasteiger partial charge in [-0.05, 0) is 37.1 Å². The molecule has 0 bridgehead atoms. The first-order valence-electron chi connectivity index (χ1n) is 5.05. The van der Waals surface area contributed by atoms with Crippen LogP contribution in [-0.2, 0) is 12.6 Å². The monoisotopic (exact) mass is 247 g/mol. The van der Waals surface area contributed by atoms with Gasteiger partial charge in [0, 0.05) is 6.54 Å². The number of rotatable bonds is 3. The van der Waals surface area contributed by atoms with Crippen molar-refractivity contribution in [3.63, 3.8) is 0 Å². The molecule has 0 atom stereocenters. The molecule has 0 unspecified atom stereocenters. The van der Waals surface area contributed by atoms with Gasteiger partial charge in [0.05, 0.1) is 5.56 Å². The molecule has 2 N–H and O–H groups in total. The predicted molar refractivity (Wildman–Crippen MR) is 57.9 cm³/mol. The summed E-state index contributed by atoms with van der Waals surface area (Å²) in [7, 11) is 0. The number of nitrogens with two attached hydrogens (primary N) is 1. The van der Waals surface area contributed by atoms with Crippen LogP contribution in [0, 0.1) is 5.82 Å². The molecular formula is C12H13F4N. The number of benzene rings is 1. The van der Waals surface area contributed by atoms with E-state index in [2.05, 4.69) is 0 Å². The lowest BCUT2D eigenvalue weighted by Crippen LogP contribution is -2.06. The minimum absolute atomic E-state index is 0.240. The summed E-state index contributed by atoms with van der Waals surface area (Å²) in [6, 6.07) is 2.53. The standard InChI is InChI=1S/C12H13F4N/c1-8(7-17)2-3-9-4-10(12(14,15)16)6-11(13)5-9/h2,4-6H,3,7,17H2,1H3/b8-2-. The minimum Gasteiger partial charge on any atom is -0.327 e. The molecule has 17 heavy (non-hydrogen) atoms. The number of halogens is 4. The molecule has 1 aromatic rings. The van der Waals surface area contributed by atoms with Crippen LogP contribution in [-0.4, -0.2) is 6.54 Å². The van der Waals surface area contributed by atoms with Gasteiger partial charge in [0.25, 0.3) is 0 Å². The molecule has 0 aliphatic heterocycles. The number of hydrogen-bond acceptors (Lipinski definition) is 1. The van der Waals surface area contributed by atoms with E-state index in [0.717, 1.165) is 17.7 Å². The maximum atomic E-state index is 13.0. The van der Waals surface area contributed by atoms with Gasteiger partial charge in [0.1, 0.15) is 5.82 Å². The van der Waals surface area contributed by atoms with E-state index in [4.69, 9.17) is 5.73 Å². The fourth-order valence-corrected chi connectivity index (χ4v) is 1.31. The Labute approximate surface area is 96.9 Å². The first-order valence-corrected chi connectivity index (χ1v) is 5.05. The van der Waals surface area contributed by atoms with Gasteiger partial charge in [-0.3, -0.25) is 0 Å². The van der Waals surface area contributed by atoms with Crippen molar-refractivity contribution >= 4 is 0 Å². The molecule has 0 spiro atoms. The van der Waals surface area contributed by atoms with Crippen LogP contribution < -0.4 is 5.73 Å². The summed E-state index contributed by atoms with van der Waals surface area (Å²) >= 11 is 0. The Hall–Kier alpha value is -1.36. The molecule has 0 aliphatic rings. The second-order valence-corrected chi connectivity index (χ2v) is 3.80. The van der Waals surface area contributed by atoms with Crippen LogP contribution in [0.5, 0.6) is 0 Å². The highest BCUT2D eigenvalue weighted by atomic mass is 19.4. The van der Waals surface area contributed by atoms with Crippen molar-refractivity contribution in [2.24, 2.45) is 5.73 Å². The van der Waals surface area contributed by atoms with Crippen molar-refractivity contribution in [1.82, 2.24) is 0 Å². The largest absolute Gasteiger partial charge is 0.416 e. The highest BCUT2D eigenvalue weighted by molar-refractivity contribution is 5.28. The van der Waals surface area contributed by atoms with Crippen LogP contribution in [0.2, 0.25) is 0 Å². The summed E-state index contributed by atoms with van der Waals surface area (Å²) in [6.07, 6.45) is -2.59. The van der Waals surface area contributed by atoms with Gasteiger partial charge in [-0.25, -0.2) is 4.39 Å². The maximum absolute atomic E-state index is 13.0. The van der Waals surface area contributed by atoms with E-state index in [1.165, 1.54) is 0 Å². The average Bonchev–Trinajstić information content (AvgIpc) is 2.24. The van der Waals surface area contributed by atoms with E-state index in [1.54, 1.807) is 13.0 Å². The zero-order valence-corrected chi connectivity index (χ0v) is 9.31. The Bertz CT molecular complexity index is 421. The number of allylic oxidation sites excluding steroid dienone is 1. The summed E-state index contributed by atoms with van der Waals surface area (Å²) in [5, 5.41) is 0. The van der Waals surface area contributed by atoms with E-state index in [9.17, 15) is 17.6 Å². The molecule has 1 rings (SSSR count). The van der Waals surface area contributed by atoms with Gasteiger partial charge in [0.2, 0.25) is 0 Å². The topological polar surface area (TPSA) is 26.0 Å². The van der Waals surface area contributed by atoms with Crippen LogP contribution >= 0.6 is 0 Å². The summed E-state index contributed by atoms with van der Waals surface area (Å²) in [5.74, 6) is -0.881. The summed E-state index contributed by atoms with van der Waals surface area (Å²) < 4.78 is 50.3. The van der Waals surface area contributed by atoms with Crippen molar-refractivity contribution in [3.8, 4) is 0 Å². The first-order chi connectivity index (χ1) is 7.82. The molecule has 0 saturated carbocycles. The van der Waals surface area contributed by atoms with Gasteiger partial charge in [-0.15, -0.1) is 0 Å². The molecule has 0 fully saturated rings. The zero-order valence-electron chi connectivity index (χ0n) is 9.31. The molecule has 0 heterocycles. The predicted octanol–water partition coefficient (Wildman–Crippen LogP) is 3.29. The van der Waals surface area contributed by atoms with Crippen LogP contribution in [0.25, 0.3) is 0 Å². The molecule has 1 aromatic carbocycles. The highest BCUT2D eigenvalue weighted by Crippen LogP contribution is 2.30. The van der Waals surface area contributed by atoms with Gasteiger partial charge < -0.3 is 5.73 Å². The van der Waals surface area contributed by atoms with Gasteiger partial charge >= 0.3 is 6.18 Å². The third-order valence-corrected chi connectivity index (χ3v) is 2.29. The highest BCUT2D eigenvalue weighted by Gasteiger charge is 2.31. The number of hydrogen-bond donors (Lipinski definition) is 1. The lowest BCUT2D eigenvalue weighted by atomic mass is 10.1. The maximum Gasteiger partial charge on any atom is 0.416 e. The second-order valence-electron chi connectivity index (χ2n) is 3.80. The van der Waals surface area contributed by atoms with E-state index in [0.29, 0.717) is 12.6 Å². The summed E-state index contributed by atoms with van der Waals surface area (Å²) in [4.78, 5) is 0. The van der Waals surface area contributed by atoms with Gasteiger partial charge in [0.15, 0.2) is 0 Å². The Morgan fingerprint density at radius 1 is 1.29 bits per heavy atom. The first kappa shape index (κ1) is 13.7. The van der Waals surface area contributed by atoms with Gasteiger partial charge in [-0.1, -0.05) is 11.6 Å². The van der Waals surface area contributed by atoms with Crippen LogP contribution in [0.15, 0.2) is 29.8 Å². The Balaban J connectivity index is 2.98. The Morgan fingerprint density at radius 3 is 2.47 bits per heavy atom. The molecule has 0 amide bonds. The molecule has 0 aromatic heterocycles. The van der Waals surface area contributed by atoms with Gasteiger partial charge in [-0.2, -0.15) is 13.2 Å². The van der Waals surface area contributed by atoms with Crippen molar-refractivity contribution in [3.05, 3.63) is 46.8 Å². The molecule has 1 nitrogen and oxygen atoms in total. The Kier molecular flexibility index (Phi) is 4.28. The third-order valence-electron chi connectivity index (χ3n) is 2.29. The number of alkyl halides is 3. The van der Waals surface area contributed by atoms with E-state index in [-0.39, 0.29) is 12.0 Å². The van der Waals surface area contributed by atoms with E-state index >= 15 is 0 Å². The molecular weight excluding hydrogens is 234 g/mol.